The van der Waals surface area contributed by atoms with Crippen LogP contribution < -0.4 is 5.32 Å². The Morgan fingerprint density at radius 1 is 1.64 bits per heavy atom. The van der Waals surface area contributed by atoms with Crippen LogP contribution in [-0.2, 0) is 0 Å². The summed E-state index contributed by atoms with van der Waals surface area (Å²) >= 11 is 5.56. The first-order valence-corrected chi connectivity index (χ1v) is 5.08. The molecule has 0 radical (unpaired) electrons. The highest BCUT2D eigenvalue weighted by atomic mass is 35.5. The Bertz CT molecular complexity index is 295. The molecule has 1 heterocycles. The Morgan fingerprint density at radius 2 is 2.43 bits per heavy atom. The van der Waals surface area contributed by atoms with Gasteiger partial charge in [-0.3, -0.25) is 4.98 Å². The highest BCUT2D eigenvalue weighted by molar-refractivity contribution is 6.25. The lowest BCUT2D eigenvalue weighted by Gasteiger charge is -2.12. The number of hydrogen-bond acceptors (Lipinski definition) is 2. The van der Waals surface area contributed by atoms with E-state index in [1.165, 1.54) is 0 Å². The van der Waals surface area contributed by atoms with Crippen LogP contribution in [0.4, 0.5) is 0 Å². The van der Waals surface area contributed by atoms with E-state index in [4.69, 9.17) is 11.6 Å². The van der Waals surface area contributed by atoms with Gasteiger partial charge in [-0.05, 0) is 31.6 Å². The van der Waals surface area contributed by atoms with Gasteiger partial charge in [0.2, 0.25) is 0 Å². The minimum Gasteiger partial charge on any atom is -0.305 e. The summed E-state index contributed by atoms with van der Waals surface area (Å²) in [6, 6.07) is 6.17. The monoisotopic (exact) mass is 210 g/mol. The maximum absolute atomic E-state index is 5.56. The predicted molar refractivity (Wildman–Crippen MR) is 60.3 cm³/mol. The highest BCUT2D eigenvalue weighted by Gasteiger charge is 2.04. The molecule has 0 aromatic carbocycles. The molecule has 0 saturated heterocycles. The second-order valence-electron chi connectivity index (χ2n) is 3.31. The van der Waals surface area contributed by atoms with Crippen LogP contribution in [0.2, 0.25) is 0 Å². The molecule has 1 aromatic rings. The molecular weight excluding hydrogens is 196 g/mol. The number of nitrogens with zero attached hydrogens (tertiary/aromatic N) is 1. The Kier molecular flexibility index (Phi) is 4.63. The molecule has 0 fully saturated rings. The lowest BCUT2D eigenvalue weighted by atomic mass is 10.2. The van der Waals surface area contributed by atoms with Crippen molar-refractivity contribution in [3.05, 3.63) is 41.2 Å². The van der Waals surface area contributed by atoms with Crippen molar-refractivity contribution < 1.29 is 0 Å². The molecule has 14 heavy (non-hydrogen) atoms. The molecule has 0 aliphatic heterocycles. The van der Waals surface area contributed by atoms with Crippen LogP contribution >= 0.6 is 11.6 Å². The molecule has 1 aromatic heterocycles. The molecule has 1 atom stereocenters. The third kappa shape index (κ3) is 3.48. The largest absolute Gasteiger partial charge is 0.305 e. The Morgan fingerprint density at radius 3 is 3.00 bits per heavy atom. The molecule has 1 unspecified atom stereocenters. The van der Waals surface area contributed by atoms with Crippen molar-refractivity contribution in [2.45, 2.75) is 19.9 Å². The molecule has 0 aliphatic carbocycles. The van der Waals surface area contributed by atoms with E-state index in [0.717, 1.165) is 17.8 Å². The molecule has 3 heteroatoms. The van der Waals surface area contributed by atoms with Gasteiger partial charge >= 0.3 is 0 Å². The van der Waals surface area contributed by atoms with Gasteiger partial charge in [0.05, 0.1) is 5.69 Å². The van der Waals surface area contributed by atoms with Gasteiger partial charge in [-0.2, -0.15) is 0 Å². The summed E-state index contributed by atoms with van der Waals surface area (Å²) in [6.07, 6.45) is 1.80. The lowest BCUT2D eigenvalue weighted by molar-refractivity contribution is 0.592. The smallest absolute Gasteiger partial charge is 0.0570 e. The van der Waals surface area contributed by atoms with Crippen LogP contribution in [0.3, 0.4) is 0 Å². The van der Waals surface area contributed by atoms with E-state index in [2.05, 4.69) is 17.2 Å². The third-order valence-corrected chi connectivity index (χ3v) is 2.38. The van der Waals surface area contributed by atoms with Gasteiger partial charge in [-0.15, -0.1) is 0 Å². The predicted octanol–water partition coefficient (Wildman–Crippen LogP) is 2.87. The third-order valence-electron chi connectivity index (χ3n) is 2.00. The average molecular weight is 211 g/mol. The van der Waals surface area contributed by atoms with Crippen LogP contribution in [0.1, 0.15) is 25.6 Å². The SMILES string of the molecule is C/C(=C\Cl)CNC(C)c1ccccn1. The van der Waals surface area contributed by atoms with Gasteiger partial charge < -0.3 is 5.32 Å². The summed E-state index contributed by atoms with van der Waals surface area (Å²) in [4.78, 5) is 4.27. The van der Waals surface area contributed by atoms with Crippen LogP contribution in [0.25, 0.3) is 0 Å². The quantitative estimate of drug-likeness (QED) is 0.827. The van der Waals surface area contributed by atoms with Crippen molar-refractivity contribution in [3.63, 3.8) is 0 Å². The van der Waals surface area contributed by atoms with Crippen LogP contribution in [0, 0.1) is 0 Å². The zero-order valence-corrected chi connectivity index (χ0v) is 9.25. The van der Waals surface area contributed by atoms with Gasteiger partial charge in [0.1, 0.15) is 0 Å². The maximum Gasteiger partial charge on any atom is 0.0570 e. The fourth-order valence-electron chi connectivity index (χ4n) is 1.09. The molecule has 0 aliphatic rings. The van der Waals surface area contributed by atoms with Gasteiger partial charge in [-0.25, -0.2) is 0 Å². The first kappa shape index (κ1) is 11.2. The Labute approximate surface area is 90.0 Å². The van der Waals surface area contributed by atoms with Crippen molar-refractivity contribution in [1.29, 1.82) is 0 Å². The van der Waals surface area contributed by atoms with E-state index >= 15 is 0 Å². The average Bonchev–Trinajstić information content (AvgIpc) is 2.26. The number of hydrogen-bond donors (Lipinski definition) is 1. The van der Waals surface area contributed by atoms with Crippen molar-refractivity contribution in [1.82, 2.24) is 10.3 Å². The molecular formula is C11H15ClN2. The standard InChI is InChI=1S/C11H15ClN2/c1-9(7-12)8-14-10(2)11-5-3-4-6-13-11/h3-7,10,14H,8H2,1-2H3/b9-7+. The first-order chi connectivity index (χ1) is 6.74. The van der Waals surface area contributed by atoms with E-state index < -0.39 is 0 Å². The van der Waals surface area contributed by atoms with E-state index in [-0.39, 0.29) is 6.04 Å². The number of aromatic nitrogens is 1. The molecule has 0 spiro atoms. The minimum atomic E-state index is 0.253. The normalized spacial score (nSPS) is 14.1. The topological polar surface area (TPSA) is 24.9 Å². The van der Waals surface area contributed by atoms with Crippen molar-refractivity contribution in [2.24, 2.45) is 0 Å². The molecule has 1 rings (SSSR count). The summed E-state index contributed by atoms with van der Waals surface area (Å²) in [7, 11) is 0. The zero-order valence-electron chi connectivity index (χ0n) is 8.50. The van der Waals surface area contributed by atoms with Gasteiger partial charge in [0, 0.05) is 24.3 Å². The molecule has 0 saturated carbocycles. The number of rotatable bonds is 4. The number of pyridine rings is 1. The summed E-state index contributed by atoms with van der Waals surface area (Å²) in [5.74, 6) is 0. The highest BCUT2D eigenvalue weighted by Crippen LogP contribution is 2.08. The number of halogens is 1. The second-order valence-corrected chi connectivity index (χ2v) is 3.53. The molecule has 76 valence electrons. The summed E-state index contributed by atoms with van der Waals surface area (Å²) < 4.78 is 0. The molecule has 2 nitrogen and oxygen atoms in total. The number of nitrogens with one attached hydrogen (secondary N) is 1. The van der Waals surface area contributed by atoms with E-state index in [1.807, 2.05) is 25.1 Å². The molecule has 0 bridgehead atoms. The van der Waals surface area contributed by atoms with E-state index in [0.29, 0.717) is 0 Å². The summed E-state index contributed by atoms with van der Waals surface area (Å²) in [5.41, 5.74) is 3.77. The van der Waals surface area contributed by atoms with Crippen molar-refractivity contribution >= 4 is 11.6 Å². The molecule has 1 N–H and O–H groups in total. The van der Waals surface area contributed by atoms with Gasteiger partial charge in [-0.1, -0.05) is 17.7 Å². The maximum atomic E-state index is 5.56. The van der Waals surface area contributed by atoms with Gasteiger partial charge in [0.15, 0.2) is 0 Å². The van der Waals surface area contributed by atoms with Crippen LogP contribution in [0.15, 0.2) is 35.5 Å². The first-order valence-electron chi connectivity index (χ1n) is 4.64. The minimum absolute atomic E-state index is 0.253. The van der Waals surface area contributed by atoms with E-state index in [9.17, 15) is 0 Å². The molecule has 0 amide bonds. The van der Waals surface area contributed by atoms with Crippen LogP contribution in [0.5, 0.6) is 0 Å². The zero-order chi connectivity index (χ0) is 10.4. The van der Waals surface area contributed by atoms with Crippen molar-refractivity contribution in [2.75, 3.05) is 6.54 Å². The lowest BCUT2D eigenvalue weighted by Crippen LogP contribution is -2.21. The van der Waals surface area contributed by atoms with Crippen LogP contribution in [-0.4, -0.2) is 11.5 Å². The summed E-state index contributed by atoms with van der Waals surface area (Å²) in [6.45, 7) is 4.87. The Balaban J connectivity index is 2.47. The fourth-order valence-corrected chi connectivity index (χ4v) is 1.17. The Hall–Kier alpha value is -0.860. The van der Waals surface area contributed by atoms with Gasteiger partial charge in [0.25, 0.3) is 0 Å². The van der Waals surface area contributed by atoms with Crippen molar-refractivity contribution in [3.8, 4) is 0 Å². The second kappa shape index (κ2) is 5.78. The fraction of sp³-hybridized carbons (Fsp3) is 0.364. The van der Waals surface area contributed by atoms with E-state index in [1.54, 1.807) is 11.7 Å². The summed E-state index contributed by atoms with van der Waals surface area (Å²) in [5, 5.41) is 3.33.